The predicted octanol–water partition coefficient (Wildman–Crippen LogP) is 4.68. The Labute approximate surface area is 170 Å². The van der Waals surface area contributed by atoms with Crippen LogP contribution in [0.3, 0.4) is 0 Å². The number of carbonyl (C=O) groups excluding carboxylic acids is 1. The fourth-order valence-corrected chi connectivity index (χ4v) is 3.40. The smallest absolute Gasteiger partial charge is 0.203 e. The number of aryl methyl sites for hydroxylation is 1. The predicted molar refractivity (Wildman–Crippen MR) is 112 cm³/mol. The van der Waals surface area contributed by atoms with E-state index >= 15 is 0 Å². The molecule has 6 nitrogen and oxygen atoms in total. The van der Waals surface area contributed by atoms with Crippen molar-refractivity contribution in [2.75, 3.05) is 21.3 Å². The molecule has 3 rings (SSSR count). The molecule has 152 valence electrons. The molecule has 0 aromatic heterocycles. The number of carbonyl (C=O) groups is 1. The fourth-order valence-electron chi connectivity index (χ4n) is 3.40. The Bertz CT molecular complexity index is 935. The number of aliphatic hydroxyl groups excluding tert-OH is 1. The van der Waals surface area contributed by atoms with E-state index in [1.807, 2.05) is 43.3 Å². The summed E-state index contributed by atoms with van der Waals surface area (Å²) in [5, 5.41) is 10.5. The third kappa shape index (κ3) is 4.42. The second kappa shape index (κ2) is 8.82. The molecule has 0 amide bonds. The summed E-state index contributed by atoms with van der Waals surface area (Å²) >= 11 is 0. The van der Waals surface area contributed by atoms with Crippen LogP contribution in [0.5, 0.6) is 17.2 Å². The first kappa shape index (κ1) is 20.5. The zero-order chi connectivity index (χ0) is 21.0. The number of benzene rings is 2. The van der Waals surface area contributed by atoms with Crippen molar-refractivity contribution in [3.05, 3.63) is 58.9 Å². The summed E-state index contributed by atoms with van der Waals surface area (Å²) < 4.78 is 16.1. The second-order valence-corrected chi connectivity index (χ2v) is 6.94. The van der Waals surface area contributed by atoms with Gasteiger partial charge in [0.15, 0.2) is 17.3 Å². The molecule has 0 saturated heterocycles. The molecule has 0 bridgehead atoms. The van der Waals surface area contributed by atoms with Gasteiger partial charge in [-0.2, -0.15) is 0 Å². The number of aliphatic imine (C=N–C) groups is 1. The van der Waals surface area contributed by atoms with E-state index < -0.39 is 0 Å². The Morgan fingerprint density at radius 3 is 2.14 bits per heavy atom. The Kier molecular flexibility index (Phi) is 6.22. The summed E-state index contributed by atoms with van der Waals surface area (Å²) in [6.07, 6.45) is 2.05. The topological polar surface area (TPSA) is 77.4 Å². The van der Waals surface area contributed by atoms with Crippen LogP contribution in [0.4, 0.5) is 5.69 Å². The maximum absolute atomic E-state index is 12.7. The molecule has 1 unspecified atom stereocenters. The number of ether oxygens (including phenoxy) is 3. The minimum absolute atomic E-state index is 0.0378. The molecular weight excluding hydrogens is 370 g/mol. The summed E-state index contributed by atoms with van der Waals surface area (Å²) in [5.74, 6) is 1.23. The number of nitrogens with zero attached hydrogens (tertiary/aromatic N) is 1. The minimum Gasteiger partial charge on any atom is -0.511 e. The zero-order valence-corrected chi connectivity index (χ0v) is 17.1. The Balaban J connectivity index is 1.87. The van der Waals surface area contributed by atoms with Crippen molar-refractivity contribution in [1.82, 2.24) is 0 Å². The van der Waals surface area contributed by atoms with Gasteiger partial charge in [-0.05, 0) is 42.7 Å². The number of rotatable bonds is 6. The van der Waals surface area contributed by atoms with Crippen LogP contribution in [0.25, 0.3) is 0 Å². The first-order valence-electron chi connectivity index (χ1n) is 9.32. The summed E-state index contributed by atoms with van der Waals surface area (Å²) in [7, 11) is 4.63. The molecule has 0 heterocycles. The highest BCUT2D eigenvalue weighted by Gasteiger charge is 2.29. The average molecular weight is 395 g/mol. The molecule has 29 heavy (non-hydrogen) atoms. The van der Waals surface area contributed by atoms with Gasteiger partial charge in [-0.1, -0.05) is 17.7 Å². The highest BCUT2D eigenvalue weighted by Crippen LogP contribution is 2.43. The van der Waals surface area contributed by atoms with Gasteiger partial charge in [0.25, 0.3) is 0 Å². The van der Waals surface area contributed by atoms with Crippen molar-refractivity contribution >= 4 is 17.7 Å². The van der Waals surface area contributed by atoms with Crippen LogP contribution in [0, 0.1) is 6.92 Å². The van der Waals surface area contributed by atoms with Crippen molar-refractivity contribution in [3.8, 4) is 17.2 Å². The van der Waals surface area contributed by atoms with Crippen LogP contribution < -0.4 is 14.2 Å². The van der Waals surface area contributed by atoms with Crippen LogP contribution in [0.15, 0.2) is 52.7 Å². The molecule has 2 aromatic carbocycles. The van der Waals surface area contributed by atoms with Gasteiger partial charge in [-0.25, -0.2) is 0 Å². The fraction of sp³-hybridized carbons (Fsp3) is 0.304. The standard InChI is InChI=1S/C23H25NO5/c1-14-5-7-17(8-6-14)24-13-18-19(25)9-15(10-20(18)26)16-11-21(27-2)23(29-4)22(12-16)28-3/h5-8,11-13,15,25H,9-10H2,1-4H3. The van der Waals surface area contributed by atoms with Gasteiger partial charge in [0, 0.05) is 19.1 Å². The van der Waals surface area contributed by atoms with E-state index in [-0.39, 0.29) is 29.5 Å². The first-order chi connectivity index (χ1) is 14.0. The average Bonchev–Trinajstić information content (AvgIpc) is 2.73. The van der Waals surface area contributed by atoms with Gasteiger partial charge in [-0.3, -0.25) is 9.79 Å². The number of Topliss-reactive ketones (excluding diaryl/α,β-unsaturated/α-hetero) is 1. The van der Waals surface area contributed by atoms with Crippen LogP contribution in [-0.4, -0.2) is 38.4 Å². The maximum atomic E-state index is 12.7. The lowest BCUT2D eigenvalue weighted by molar-refractivity contribution is -0.116. The highest BCUT2D eigenvalue weighted by molar-refractivity contribution is 6.15. The van der Waals surface area contributed by atoms with Gasteiger partial charge in [-0.15, -0.1) is 0 Å². The Morgan fingerprint density at radius 2 is 1.62 bits per heavy atom. The number of hydrogen-bond acceptors (Lipinski definition) is 6. The molecule has 0 fully saturated rings. The number of hydrogen-bond donors (Lipinski definition) is 1. The van der Waals surface area contributed by atoms with Gasteiger partial charge < -0.3 is 19.3 Å². The van der Waals surface area contributed by atoms with E-state index in [9.17, 15) is 9.90 Å². The molecular formula is C23H25NO5. The van der Waals surface area contributed by atoms with Gasteiger partial charge in [0.1, 0.15) is 5.76 Å². The summed E-state index contributed by atoms with van der Waals surface area (Å²) in [6.45, 7) is 2.00. The zero-order valence-electron chi connectivity index (χ0n) is 17.1. The third-order valence-corrected chi connectivity index (χ3v) is 5.02. The molecule has 6 heteroatoms. The first-order valence-corrected chi connectivity index (χ1v) is 9.32. The number of allylic oxidation sites excluding steroid dienone is 2. The van der Waals surface area contributed by atoms with Crippen LogP contribution in [0.1, 0.15) is 29.9 Å². The maximum Gasteiger partial charge on any atom is 0.203 e. The lowest BCUT2D eigenvalue weighted by atomic mass is 9.82. The van der Waals surface area contributed by atoms with Crippen LogP contribution >= 0.6 is 0 Å². The Hall–Kier alpha value is -3.28. The molecule has 1 N–H and O–H groups in total. The quantitative estimate of drug-likeness (QED) is 0.719. The van der Waals surface area contributed by atoms with Gasteiger partial charge in [0.05, 0.1) is 32.6 Å². The van der Waals surface area contributed by atoms with E-state index in [1.165, 1.54) is 6.21 Å². The largest absolute Gasteiger partial charge is 0.511 e. The SMILES string of the molecule is COc1cc(C2CC(=O)C(C=Nc3ccc(C)cc3)=C(O)C2)cc(OC)c1OC. The van der Waals surface area contributed by atoms with Crippen molar-refractivity contribution in [3.63, 3.8) is 0 Å². The Morgan fingerprint density at radius 1 is 1.00 bits per heavy atom. The second-order valence-electron chi connectivity index (χ2n) is 6.94. The molecule has 2 aromatic rings. The molecule has 1 aliphatic carbocycles. The van der Waals surface area contributed by atoms with E-state index in [2.05, 4.69) is 4.99 Å². The minimum atomic E-state index is -0.187. The lowest BCUT2D eigenvalue weighted by Crippen LogP contribution is -2.19. The van der Waals surface area contributed by atoms with Crippen molar-refractivity contribution in [2.24, 2.45) is 4.99 Å². The number of ketones is 1. The van der Waals surface area contributed by atoms with Crippen molar-refractivity contribution in [2.45, 2.75) is 25.7 Å². The summed E-state index contributed by atoms with van der Waals surface area (Å²) in [6, 6.07) is 11.3. The van der Waals surface area contributed by atoms with Crippen molar-refractivity contribution < 1.29 is 24.1 Å². The number of methoxy groups -OCH3 is 3. The van der Waals surface area contributed by atoms with E-state index in [4.69, 9.17) is 14.2 Å². The normalized spacial score (nSPS) is 17.0. The molecule has 1 aliphatic rings. The van der Waals surface area contributed by atoms with Crippen LogP contribution in [0.2, 0.25) is 0 Å². The van der Waals surface area contributed by atoms with Gasteiger partial charge in [0.2, 0.25) is 5.75 Å². The van der Waals surface area contributed by atoms with E-state index in [0.29, 0.717) is 23.7 Å². The highest BCUT2D eigenvalue weighted by atomic mass is 16.5. The monoisotopic (exact) mass is 395 g/mol. The molecule has 0 spiro atoms. The number of aliphatic hydroxyl groups is 1. The molecule has 0 radical (unpaired) electrons. The summed E-state index contributed by atoms with van der Waals surface area (Å²) in [5.41, 5.74) is 2.96. The van der Waals surface area contributed by atoms with E-state index in [1.54, 1.807) is 21.3 Å². The third-order valence-electron chi connectivity index (χ3n) is 5.02. The van der Waals surface area contributed by atoms with E-state index in [0.717, 1.165) is 16.8 Å². The molecule has 1 atom stereocenters. The van der Waals surface area contributed by atoms with Crippen LogP contribution in [-0.2, 0) is 4.79 Å². The van der Waals surface area contributed by atoms with Crippen molar-refractivity contribution in [1.29, 1.82) is 0 Å². The molecule has 0 saturated carbocycles. The van der Waals surface area contributed by atoms with Gasteiger partial charge >= 0.3 is 0 Å². The lowest BCUT2D eigenvalue weighted by Gasteiger charge is -2.24. The summed E-state index contributed by atoms with van der Waals surface area (Å²) in [4.78, 5) is 17.0. The molecule has 0 aliphatic heterocycles.